The van der Waals surface area contributed by atoms with Gasteiger partial charge >= 0.3 is 0 Å². The summed E-state index contributed by atoms with van der Waals surface area (Å²) in [7, 11) is 2.05. The molecule has 4 rings (SSSR count). The molecule has 2 N–H and O–H groups in total. The molecule has 0 saturated carbocycles. The van der Waals surface area contributed by atoms with Gasteiger partial charge in [-0.3, -0.25) is 4.90 Å². The van der Waals surface area contributed by atoms with Crippen molar-refractivity contribution < 1.29 is 0 Å². The molecule has 1 aliphatic rings. The topological polar surface area (TPSA) is 61.8 Å². The number of aromatic nitrogens is 4. The SMILES string of the molecule is Cn1ccnc1C1CNCCN1Cc1cnc(-c2ccccc2)[nH]1. The predicted molar refractivity (Wildman–Crippen MR) is 93.3 cm³/mol. The molecule has 1 atom stereocenters. The van der Waals surface area contributed by atoms with Gasteiger partial charge in [-0.1, -0.05) is 30.3 Å². The summed E-state index contributed by atoms with van der Waals surface area (Å²) < 4.78 is 2.10. The highest BCUT2D eigenvalue weighted by Crippen LogP contribution is 2.23. The van der Waals surface area contributed by atoms with Crippen molar-refractivity contribution in [2.45, 2.75) is 12.6 Å². The van der Waals surface area contributed by atoms with Gasteiger partial charge in [0.25, 0.3) is 0 Å². The van der Waals surface area contributed by atoms with Crippen molar-refractivity contribution in [3.63, 3.8) is 0 Å². The van der Waals surface area contributed by atoms with E-state index < -0.39 is 0 Å². The third-order valence-electron chi connectivity index (χ3n) is 4.56. The van der Waals surface area contributed by atoms with Crippen molar-refractivity contribution in [2.75, 3.05) is 19.6 Å². The van der Waals surface area contributed by atoms with Crippen LogP contribution in [0.3, 0.4) is 0 Å². The minimum Gasteiger partial charge on any atom is -0.341 e. The van der Waals surface area contributed by atoms with Gasteiger partial charge in [0.05, 0.1) is 6.04 Å². The second kappa shape index (κ2) is 6.59. The number of aryl methyl sites for hydroxylation is 1. The molecule has 24 heavy (non-hydrogen) atoms. The number of hydrogen-bond acceptors (Lipinski definition) is 4. The Morgan fingerprint density at radius 3 is 2.88 bits per heavy atom. The van der Waals surface area contributed by atoms with Gasteiger partial charge in [-0.15, -0.1) is 0 Å². The Morgan fingerprint density at radius 2 is 2.08 bits per heavy atom. The zero-order chi connectivity index (χ0) is 16.4. The summed E-state index contributed by atoms with van der Waals surface area (Å²) in [4.78, 5) is 15.0. The van der Waals surface area contributed by atoms with Gasteiger partial charge in [0.2, 0.25) is 0 Å². The lowest BCUT2D eigenvalue weighted by Crippen LogP contribution is -2.46. The van der Waals surface area contributed by atoms with Gasteiger partial charge in [-0.2, -0.15) is 0 Å². The maximum absolute atomic E-state index is 4.54. The van der Waals surface area contributed by atoms with Crippen molar-refractivity contribution in [2.24, 2.45) is 7.05 Å². The van der Waals surface area contributed by atoms with E-state index in [9.17, 15) is 0 Å². The summed E-state index contributed by atoms with van der Waals surface area (Å²) in [5, 5.41) is 3.48. The number of aromatic amines is 1. The quantitative estimate of drug-likeness (QED) is 0.771. The van der Waals surface area contributed by atoms with Crippen LogP contribution < -0.4 is 5.32 Å². The first-order chi connectivity index (χ1) is 11.8. The second-order valence-electron chi connectivity index (χ2n) is 6.21. The van der Waals surface area contributed by atoms with E-state index >= 15 is 0 Å². The summed E-state index contributed by atoms with van der Waals surface area (Å²) in [5.74, 6) is 2.03. The zero-order valence-electron chi connectivity index (χ0n) is 13.8. The Morgan fingerprint density at radius 1 is 1.21 bits per heavy atom. The Hall–Kier alpha value is -2.44. The number of H-pyrrole nitrogens is 1. The Labute approximate surface area is 141 Å². The average molecular weight is 322 g/mol. The van der Waals surface area contributed by atoms with Crippen LogP contribution in [0.25, 0.3) is 11.4 Å². The number of benzene rings is 1. The van der Waals surface area contributed by atoms with E-state index in [4.69, 9.17) is 0 Å². The fraction of sp³-hybridized carbons (Fsp3) is 0.333. The van der Waals surface area contributed by atoms with E-state index in [1.165, 1.54) is 0 Å². The molecule has 0 amide bonds. The molecular weight excluding hydrogens is 300 g/mol. The Bertz CT molecular complexity index is 791. The highest BCUT2D eigenvalue weighted by atomic mass is 15.3. The second-order valence-corrected chi connectivity index (χ2v) is 6.21. The van der Waals surface area contributed by atoms with Gasteiger partial charge in [0.1, 0.15) is 11.6 Å². The van der Waals surface area contributed by atoms with Gasteiger partial charge in [-0.25, -0.2) is 9.97 Å². The zero-order valence-corrected chi connectivity index (χ0v) is 13.8. The van der Waals surface area contributed by atoms with Gasteiger partial charge < -0.3 is 14.9 Å². The molecule has 124 valence electrons. The Kier molecular flexibility index (Phi) is 4.15. The number of nitrogens with zero attached hydrogens (tertiary/aromatic N) is 4. The third kappa shape index (κ3) is 2.98. The molecule has 1 aromatic carbocycles. The van der Waals surface area contributed by atoms with Crippen LogP contribution in [0.15, 0.2) is 48.9 Å². The van der Waals surface area contributed by atoms with Crippen LogP contribution >= 0.6 is 0 Å². The van der Waals surface area contributed by atoms with Crippen LogP contribution in [-0.4, -0.2) is 44.1 Å². The first-order valence-corrected chi connectivity index (χ1v) is 8.32. The minimum absolute atomic E-state index is 0.280. The van der Waals surface area contributed by atoms with Crippen LogP contribution in [-0.2, 0) is 13.6 Å². The highest BCUT2D eigenvalue weighted by molar-refractivity contribution is 5.54. The summed E-state index contributed by atoms with van der Waals surface area (Å²) in [6.45, 7) is 3.77. The number of hydrogen-bond donors (Lipinski definition) is 2. The third-order valence-corrected chi connectivity index (χ3v) is 4.56. The summed E-state index contributed by atoms with van der Waals surface area (Å²) in [6, 6.07) is 10.5. The normalized spacial score (nSPS) is 18.8. The van der Waals surface area contributed by atoms with Gasteiger partial charge in [0.15, 0.2) is 0 Å². The van der Waals surface area contributed by atoms with Crippen LogP contribution in [0.4, 0.5) is 0 Å². The lowest BCUT2D eigenvalue weighted by atomic mass is 10.1. The Balaban J connectivity index is 1.53. The summed E-state index contributed by atoms with van der Waals surface area (Å²) in [6.07, 6.45) is 5.82. The molecule has 2 aromatic heterocycles. The molecule has 3 heterocycles. The van der Waals surface area contributed by atoms with Crippen LogP contribution in [0.5, 0.6) is 0 Å². The molecule has 6 nitrogen and oxygen atoms in total. The monoisotopic (exact) mass is 322 g/mol. The minimum atomic E-state index is 0.280. The van der Waals surface area contributed by atoms with Crippen LogP contribution in [0.1, 0.15) is 17.6 Å². The fourth-order valence-electron chi connectivity index (χ4n) is 3.29. The number of piperazine rings is 1. The molecule has 0 spiro atoms. The first-order valence-electron chi connectivity index (χ1n) is 8.32. The van der Waals surface area contributed by atoms with Crippen molar-refractivity contribution in [3.05, 3.63) is 60.4 Å². The van der Waals surface area contributed by atoms with Gasteiger partial charge in [0, 0.05) is 63.1 Å². The predicted octanol–water partition coefficient (Wildman–Crippen LogP) is 1.96. The van der Waals surface area contributed by atoms with E-state index in [1.54, 1.807) is 0 Å². The molecule has 0 bridgehead atoms. The highest BCUT2D eigenvalue weighted by Gasteiger charge is 2.27. The first kappa shape index (κ1) is 15.1. The lowest BCUT2D eigenvalue weighted by Gasteiger charge is -2.35. The molecule has 6 heteroatoms. The molecule has 1 unspecified atom stereocenters. The maximum Gasteiger partial charge on any atom is 0.137 e. The van der Waals surface area contributed by atoms with Crippen molar-refractivity contribution in [1.82, 2.24) is 29.7 Å². The number of nitrogens with one attached hydrogen (secondary N) is 2. The largest absolute Gasteiger partial charge is 0.341 e. The fourth-order valence-corrected chi connectivity index (χ4v) is 3.29. The number of rotatable bonds is 4. The van der Waals surface area contributed by atoms with Crippen LogP contribution in [0.2, 0.25) is 0 Å². The van der Waals surface area contributed by atoms with Crippen molar-refractivity contribution >= 4 is 0 Å². The number of imidazole rings is 2. The van der Waals surface area contributed by atoms with E-state index in [-0.39, 0.29) is 6.04 Å². The van der Waals surface area contributed by atoms with Crippen molar-refractivity contribution in [1.29, 1.82) is 0 Å². The molecule has 1 fully saturated rings. The molecule has 0 aliphatic carbocycles. The maximum atomic E-state index is 4.54. The van der Waals surface area contributed by atoms with Crippen LogP contribution in [0, 0.1) is 0 Å². The molecule has 3 aromatic rings. The van der Waals surface area contributed by atoms with E-state index in [2.05, 4.69) is 48.9 Å². The molecular formula is C18H22N6. The van der Waals surface area contributed by atoms with E-state index in [1.807, 2.05) is 36.8 Å². The standard InChI is InChI=1S/C18H22N6/c1-23-9-8-20-18(23)16-12-19-7-10-24(16)13-15-11-21-17(22-15)14-5-3-2-4-6-14/h2-6,8-9,11,16,19H,7,10,12-13H2,1H3,(H,21,22). The average Bonchev–Trinajstić information content (AvgIpc) is 3.25. The van der Waals surface area contributed by atoms with Crippen molar-refractivity contribution in [3.8, 4) is 11.4 Å². The molecule has 1 aliphatic heterocycles. The van der Waals surface area contributed by atoms with E-state index in [0.29, 0.717) is 0 Å². The van der Waals surface area contributed by atoms with E-state index in [0.717, 1.165) is 49.1 Å². The summed E-state index contributed by atoms with van der Waals surface area (Å²) in [5.41, 5.74) is 2.25. The summed E-state index contributed by atoms with van der Waals surface area (Å²) >= 11 is 0. The van der Waals surface area contributed by atoms with Gasteiger partial charge in [-0.05, 0) is 0 Å². The lowest BCUT2D eigenvalue weighted by molar-refractivity contribution is 0.143. The molecule has 1 saturated heterocycles. The molecule has 0 radical (unpaired) electrons. The smallest absolute Gasteiger partial charge is 0.137 e.